The Balaban J connectivity index is 1.50. The summed E-state index contributed by atoms with van der Waals surface area (Å²) in [6.07, 6.45) is 1.18. The summed E-state index contributed by atoms with van der Waals surface area (Å²) in [5, 5.41) is 4.56. The molecule has 0 radical (unpaired) electrons. The first-order valence-corrected chi connectivity index (χ1v) is 11.3. The lowest BCUT2D eigenvalue weighted by Crippen LogP contribution is -2.47. The van der Waals surface area contributed by atoms with Gasteiger partial charge in [-0.05, 0) is 50.1 Å². The van der Waals surface area contributed by atoms with Crippen molar-refractivity contribution in [2.75, 3.05) is 19.7 Å². The van der Waals surface area contributed by atoms with Gasteiger partial charge in [0, 0.05) is 30.5 Å². The van der Waals surface area contributed by atoms with E-state index in [4.69, 9.17) is 26.6 Å². The Labute approximate surface area is 201 Å². The number of rotatable bonds is 7. The van der Waals surface area contributed by atoms with E-state index in [1.54, 1.807) is 30.0 Å². The van der Waals surface area contributed by atoms with E-state index in [1.165, 1.54) is 24.3 Å². The number of piperidine rings is 1. The van der Waals surface area contributed by atoms with Crippen molar-refractivity contribution < 1.29 is 23.2 Å². The molecule has 0 bridgehead atoms. The van der Waals surface area contributed by atoms with Crippen LogP contribution < -0.4 is 10.5 Å². The predicted molar refractivity (Wildman–Crippen MR) is 125 cm³/mol. The fourth-order valence-corrected chi connectivity index (χ4v) is 4.54. The molecule has 1 saturated heterocycles. The van der Waals surface area contributed by atoms with Gasteiger partial charge in [0.15, 0.2) is 0 Å². The monoisotopic (exact) mass is 485 g/mol. The molecule has 3 aromatic rings. The first kappa shape index (κ1) is 23.8. The number of aryl methyl sites for hydroxylation is 1. The zero-order valence-corrected chi connectivity index (χ0v) is 19.5. The highest BCUT2D eigenvalue weighted by molar-refractivity contribution is 6.33. The summed E-state index contributed by atoms with van der Waals surface area (Å²) in [5.41, 5.74) is 6.41. The summed E-state index contributed by atoms with van der Waals surface area (Å²) >= 11 is 6.33. The molecule has 1 fully saturated rings. The molecule has 7 nitrogen and oxygen atoms in total. The number of benzene rings is 2. The molecule has 1 aromatic heterocycles. The van der Waals surface area contributed by atoms with E-state index in [0.717, 1.165) is 0 Å². The van der Waals surface area contributed by atoms with Crippen molar-refractivity contribution in [3.63, 3.8) is 0 Å². The van der Waals surface area contributed by atoms with Gasteiger partial charge < -0.3 is 19.9 Å². The minimum atomic E-state index is -0.522. The number of nitrogens with two attached hydrogens (primary N) is 1. The molecule has 2 amide bonds. The van der Waals surface area contributed by atoms with E-state index < -0.39 is 11.3 Å². The number of primary amides is 1. The Hall–Kier alpha value is -3.39. The molecule has 0 unspecified atom stereocenters. The second kappa shape index (κ2) is 9.85. The standard InChI is InChI=1S/C25H25ClFN3O4/c1-16-22(23(29-34-16)19-4-2-3-5-20(19)26)24(32)30-12-10-25(11-13-30,14-21(28)31)15-33-18-8-6-17(27)7-9-18/h2-9H,10-15H2,1H3,(H2,28,31). The van der Waals surface area contributed by atoms with Gasteiger partial charge >= 0.3 is 0 Å². The van der Waals surface area contributed by atoms with Gasteiger partial charge in [0.25, 0.3) is 5.91 Å². The van der Waals surface area contributed by atoms with Crippen molar-refractivity contribution in [1.29, 1.82) is 0 Å². The number of halogens is 2. The predicted octanol–water partition coefficient (Wildman–Crippen LogP) is 4.62. The molecule has 0 aliphatic carbocycles. The molecule has 9 heteroatoms. The van der Waals surface area contributed by atoms with Crippen molar-refractivity contribution in [2.24, 2.45) is 11.1 Å². The molecule has 4 rings (SSSR count). The van der Waals surface area contributed by atoms with Gasteiger partial charge in [-0.2, -0.15) is 0 Å². The third kappa shape index (κ3) is 5.07. The van der Waals surface area contributed by atoms with E-state index in [-0.39, 0.29) is 24.8 Å². The molecule has 1 aliphatic heterocycles. The normalized spacial score (nSPS) is 15.2. The van der Waals surface area contributed by atoms with Crippen LogP contribution in [0, 0.1) is 18.2 Å². The van der Waals surface area contributed by atoms with Crippen LogP contribution in [0.15, 0.2) is 53.1 Å². The third-order valence-electron chi connectivity index (χ3n) is 6.22. The van der Waals surface area contributed by atoms with E-state index in [2.05, 4.69) is 5.16 Å². The number of amides is 2. The van der Waals surface area contributed by atoms with E-state index in [0.29, 0.717) is 59.3 Å². The van der Waals surface area contributed by atoms with Crippen LogP contribution in [0.25, 0.3) is 11.3 Å². The lowest BCUT2D eigenvalue weighted by Gasteiger charge is -2.41. The molecule has 2 N–H and O–H groups in total. The van der Waals surface area contributed by atoms with Crippen LogP contribution in [0.1, 0.15) is 35.4 Å². The van der Waals surface area contributed by atoms with Gasteiger partial charge in [0.05, 0.1) is 11.6 Å². The maximum atomic E-state index is 13.5. The summed E-state index contributed by atoms with van der Waals surface area (Å²) in [7, 11) is 0. The summed E-state index contributed by atoms with van der Waals surface area (Å²) in [4.78, 5) is 27.0. The molecule has 0 saturated carbocycles. The Morgan fingerprint density at radius 1 is 1.18 bits per heavy atom. The highest BCUT2D eigenvalue weighted by atomic mass is 35.5. The molecule has 0 spiro atoms. The molecule has 178 valence electrons. The van der Waals surface area contributed by atoms with Crippen LogP contribution in [0.2, 0.25) is 5.02 Å². The number of hydrogen-bond donors (Lipinski definition) is 1. The quantitative estimate of drug-likeness (QED) is 0.526. The zero-order valence-electron chi connectivity index (χ0n) is 18.7. The molecule has 2 aromatic carbocycles. The van der Waals surface area contributed by atoms with Crippen LogP contribution >= 0.6 is 11.6 Å². The number of ether oxygens (including phenoxy) is 1. The van der Waals surface area contributed by atoms with E-state index in [1.807, 2.05) is 6.07 Å². The minimum Gasteiger partial charge on any atom is -0.493 e. The van der Waals surface area contributed by atoms with Crippen LogP contribution in [-0.2, 0) is 4.79 Å². The van der Waals surface area contributed by atoms with Crippen molar-refractivity contribution in [1.82, 2.24) is 10.1 Å². The second-order valence-corrected chi connectivity index (χ2v) is 9.03. The van der Waals surface area contributed by atoms with E-state index in [9.17, 15) is 14.0 Å². The van der Waals surface area contributed by atoms with Crippen LogP contribution in [0.5, 0.6) is 5.75 Å². The Morgan fingerprint density at radius 3 is 2.50 bits per heavy atom. The van der Waals surface area contributed by atoms with Crippen molar-refractivity contribution in [3.8, 4) is 17.0 Å². The van der Waals surface area contributed by atoms with Crippen LogP contribution in [0.3, 0.4) is 0 Å². The van der Waals surface area contributed by atoms with Crippen LogP contribution in [0.4, 0.5) is 4.39 Å². The number of likely N-dealkylation sites (tertiary alicyclic amines) is 1. The minimum absolute atomic E-state index is 0.132. The van der Waals surface area contributed by atoms with Gasteiger partial charge in [-0.3, -0.25) is 9.59 Å². The van der Waals surface area contributed by atoms with Crippen molar-refractivity contribution in [3.05, 3.63) is 70.7 Å². The fraction of sp³-hybridized carbons (Fsp3) is 0.320. The summed E-state index contributed by atoms with van der Waals surface area (Å²) in [6, 6.07) is 12.8. The SMILES string of the molecule is Cc1onc(-c2ccccc2Cl)c1C(=O)N1CCC(COc2ccc(F)cc2)(CC(N)=O)CC1. The van der Waals surface area contributed by atoms with Gasteiger partial charge in [0.2, 0.25) is 5.91 Å². The molecule has 34 heavy (non-hydrogen) atoms. The number of aromatic nitrogens is 1. The average molecular weight is 486 g/mol. The van der Waals surface area contributed by atoms with Gasteiger partial charge in [-0.25, -0.2) is 4.39 Å². The van der Waals surface area contributed by atoms with E-state index >= 15 is 0 Å². The zero-order chi connectivity index (χ0) is 24.3. The maximum Gasteiger partial charge on any atom is 0.259 e. The highest BCUT2D eigenvalue weighted by Gasteiger charge is 2.39. The molecular weight excluding hydrogens is 461 g/mol. The fourth-order valence-electron chi connectivity index (χ4n) is 4.31. The lowest BCUT2D eigenvalue weighted by molar-refractivity contribution is -0.121. The largest absolute Gasteiger partial charge is 0.493 e. The Bertz CT molecular complexity index is 1190. The summed E-state index contributed by atoms with van der Waals surface area (Å²) in [5.74, 6) is -0.0767. The molecule has 1 aliphatic rings. The van der Waals surface area contributed by atoms with Gasteiger partial charge in [-0.1, -0.05) is 35.0 Å². The topological polar surface area (TPSA) is 98.7 Å². The second-order valence-electron chi connectivity index (χ2n) is 8.62. The maximum absolute atomic E-state index is 13.5. The first-order valence-electron chi connectivity index (χ1n) is 11.0. The Morgan fingerprint density at radius 2 is 1.85 bits per heavy atom. The number of carbonyl (C=O) groups excluding carboxylic acids is 2. The number of hydrogen-bond acceptors (Lipinski definition) is 5. The summed E-state index contributed by atoms with van der Waals surface area (Å²) in [6.45, 7) is 2.75. The van der Waals surface area contributed by atoms with Gasteiger partial charge in [-0.15, -0.1) is 0 Å². The van der Waals surface area contributed by atoms with Crippen molar-refractivity contribution >= 4 is 23.4 Å². The smallest absolute Gasteiger partial charge is 0.259 e. The van der Waals surface area contributed by atoms with Gasteiger partial charge in [0.1, 0.15) is 28.6 Å². The average Bonchev–Trinajstić information content (AvgIpc) is 3.20. The third-order valence-corrected chi connectivity index (χ3v) is 6.55. The summed E-state index contributed by atoms with van der Waals surface area (Å²) < 4.78 is 24.4. The molecular formula is C25H25ClFN3O4. The Kier molecular flexibility index (Phi) is 6.88. The molecule has 2 heterocycles. The van der Waals surface area contributed by atoms with Crippen LogP contribution in [-0.4, -0.2) is 41.6 Å². The number of carbonyl (C=O) groups is 2. The first-order chi connectivity index (χ1) is 16.3. The highest BCUT2D eigenvalue weighted by Crippen LogP contribution is 2.38. The lowest BCUT2D eigenvalue weighted by atomic mass is 9.76. The number of nitrogens with zero attached hydrogens (tertiary/aromatic N) is 2. The van der Waals surface area contributed by atoms with Crippen molar-refractivity contribution in [2.45, 2.75) is 26.2 Å². The molecule has 0 atom stereocenters.